The molecular weight excluding hydrogens is 468 g/mol. The fraction of sp³-hybridized carbons (Fsp3) is 0.179. The molecule has 0 fully saturated rings. The quantitative estimate of drug-likeness (QED) is 0.272. The third-order valence-electron chi connectivity index (χ3n) is 5.63. The SMILES string of the molecule is CCOc1cc2occ(-c3ccc(OC)c(OC)c3)c2cc1/C(C)=C/C(=O)Nc1ccc(F)c(F)c1. The largest absolute Gasteiger partial charge is 0.493 e. The highest BCUT2D eigenvalue weighted by Crippen LogP contribution is 2.40. The summed E-state index contributed by atoms with van der Waals surface area (Å²) in [6.45, 7) is 4.04. The van der Waals surface area contributed by atoms with E-state index in [0.717, 1.165) is 28.6 Å². The lowest BCUT2D eigenvalue weighted by Crippen LogP contribution is -2.09. The zero-order valence-corrected chi connectivity index (χ0v) is 20.3. The standard InChI is InChI=1S/C28H25F2NO5/c1-5-35-25-14-26-20(21(15-36-26)17-6-9-24(33-3)27(11-17)34-4)13-19(25)16(2)10-28(32)31-18-7-8-22(29)23(30)12-18/h6-15H,5H2,1-4H3,(H,31,32)/b16-10+. The van der Waals surface area contributed by atoms with Crippen LogP contribution in [-0.2, 0) is 4.79 Å². The molecule has 0 bridgehead atoms. The highest BCUT2D eigenvalue weighted by Gasteiger charge is 2.17. The average molecular weight is 494 g/mol. The summed E-state index contributed by atoms with van der Waals surface area (Å²) in [6.07, 6.45) is 3.03. The van der Waals surface area contributed by atoms with E-state index in [0.29, 0.717) is 40.6 Å². The van der Waals surface area contributed by atoms with Gasteiger partial charge in [-0.05, 0) is 55.3 Å². The molecule has 6 nitrogen and oxygen atoms in total. The number of furan rings is 1. The van der Waals surface area contributed by atoms with Crippen molar-refractivity contribution in [2.75, 3.05) is 26.1 Å². The lowest BCUT2D eigenvalue weighted by Gasteiger charge is -2.12. The van der Waals surface area contributed by atoms with Gasteiger partial charge in [0.2, 0.25) is 5.91 Å². The van der Waals surface area contributed by atoms with Gasteiger partial charge in [-0.15, -0.1) is 0 Å². The normalized spacial score (nSPS) is 11.4. The van der Waals surface area contributed by atoms with E-state index in [4.69, 9.17) is 18.6 Å². The lowest BCUT2D eigenvalue weighted by atomic mass is 9.99. The van der Waals surface area contributed by atoms with E-state index in [2.05, 4.69) is 5.32 Å². The molecule has 1 N–H and O–H groups in total. The maximum Gasteiger partial charge on any atom is 0.248 e. The van der Waals surface area contributed by atoms with Gasteiger partial charge in [0.05, 0.1) is 27.1 Å². The van der Waals surface area contributed by atoms with Crippen molar-refractivity contribution in [3.8, 4) is 28.4 Å². The van der Waals surface area contributed by atoms with Gasteiger partial charge in [-0.2, -0.15) is 0 Å². The van der Waals surface area contributed by atoms with Crippen molar-refractivity contribution in [3.05, 3.63) is 78.1 Å². The van der Waals surface area contributed by atoms with Crippen LogP contribution in [0.1, 0.15) is 19.4 Å². The number of carbonyl (C=O) groups excluding carboxylic acids is 1. The molecule has 4 rings (SSSR count). The van der Waals surface area contributed by atoms with E-state index in [1.54, 1.807) is 33.5 Å². The number of carbonyl (C=O) groups is 1. The molecule has 0 aliphatic rings. The van der Waals surface area contributed by atoms with Crippen LogP contribution in [0, 0.1) is 11.6 Å². The minimum atomic E-state index is -1.04. The first-order valence-corrected chi connectivity index (χ1v) is 11.2. The first-order chi connectivity index (χ1) is 17.3. The summed E-state index contributed by atoms with van der Waals surface area (Å²) in [7, 11) is 3.14. The summed E-state index contributed by atoms with van der Waals surface area (Å²) < 4.78 is 49.1. The van der Waals surface area contributed by atoms with Crippen LogP contribution in [0.5, 0.6) is 17.2 Å². The van der Waals surface area contributed by atoms with Gasteiger partial charge in [-0.3, -0.25) is 4.79 Å². The highest BCUT2D eigenvalue weighted by atomic mass is 19.2. The molecule has 0 spiro atoms. The number of hydrogen-bond acceptors (Lipinski definition) is 5. The number of allylic oxidation sites excluding steroid dienone is 1. The maximum atomic E-state index is 13.5. The van der Waals surface area contributed by atoms with Gasteiger partial charge in [-0.25, -0.2) is 8.78 Å². The number of benzene rings is 3. The fourth-order valence-electron chi connectivity index (χ4n) is 3.89. The molecule has 3 aromatic carbocycles. The predicted molar refractivity (Wildman–Crippen MR) is 135 cm³/mol. The number of rotatable bonds is 8. The number of hydrogen-bond donors (Lipinski definition) is 1. The third kappa shape index (κ3) is 5.02. The maximum absolute atomic E-state index is 13.5. The van der Waals surface area contributed by atoms with Crippen LogP contribution in [0.25, 0.3) is 27.7 Å². The molecule has 0 aliphatic carbocycles. The average Bonchev–Trinajstić information content (AvgIpc) is 3.28. The van der Waals surface area contributed by atoms with Crippen molar-refractivity contribution in [2.24, 2.45) is 0 Å². The van der Waals surface area contributed by atoms with E-state index < -0.39 is 17.5 Å². The second-order valence-corrected chi connectivity index (χ2v) is 7.94. The molecule has 0 saturated carbocycles. The molecule has 0 radical (unpaired) electrons. The van der Waals surface area contributed by atoms with Crippen molar-refractivity contribution in [1.82, 2.24) is 0 Å². The Bertz CT molecular complexity index is 1460. The third-order valence-corrected chi connectivity index (χ3v) is 5.63. The summed E-state index contributed by atoms with van der Waals surface area (Å²) in [5, 5.41) is 3.36. The second-order valence-electron chi connectivity index (χ2n) is 7.94. The van der Waals surface area contributed by atoms with E-state index in [-0.39, 0.29) is 5.69 Å². The number of ether oxygens (including phenoxy) is 3. The van der Waals surface area contributed by atoms with E-state index in [1.807, 2.05) is 31.2 Å². The molecule has 186 valence electrons. The van der Waals surface area contributed by atoms with Crippen molar-refractivity contribution < 1.29 is 32.2 Å². The van der Waals surface area contributed by atoms with Gasteiger partial charge >= 0.3 is 0 Å². The molecule has 4 aromatic rings. The Balaban J connectivity index is 1.73. The number of amides is 1. The predicted octanol–water partition coefficient (Wildman–Crippen LogP) is 6.84. The molecule has 0 unspecified atom stereocenters. The van der Waals surface area contributed by atoms with Gasteiger partial charge in [0.1, 0.15) is 11.3 Å². The summed E-state index contributed by atoms with van der Waals surface area (Å²) >= 11 is 0. The molecule has 1 aromatic heterocycles. The summed E-state index contributed by atoms with van der Waals surface area (Å²) in [6, 6.07) is 12.4. The zero-order valence-electron chi connectivity index (χ0n) is 20.3. The highest BCUT2D eigenvalue weighted by molar-refractivity contribution is 6.05. The number of fused-ring (bicyclic) bond motifs is 1. The van der Waals surface area contributed by atoms with E-state index >= 15 is 0 Å². The van der Waals surface area contributed by atoms with Gasteiger partial charge in [0.25, 0.3) is 0 Å². The Labute approximate surface area is 207 Å². The van der Waals surface area contributed by atoms with Crippen LogP contribution in [-0.4, -0.2) is 26.7 Å². The monoisotopic (exact) mass is 493 g/mol. The zero-order chi connectivity index (χ0) is 25.8. The smallest absolute Gasteiger partial charge is 0.248 e. The summed E-state index contributed by atoms with van der Waals surface area (Å²) in [5.41, 5.74) is 3.75. The molecule has 8 heteroatoms. The molecule has 1 heterocycles. The number of anilines is 1. The van der Waals surface area contributed by atoms with Crippen molar-refractivity contribution in [1.29, 1.82) is 0 Å². The Morgan fingerprint density at radius 3 is 2.44 bits per heavy atom. The molecular formula is C28H25F2NO5. The molecule has 0 saturated heterocycles. The topological polar surface area (TPSA) is 69.9 Å². The van der Waals surface area contributed by atoms with Crippen LogP contribution in [0.15, 0.2) is 65.3 Å². The fourth-order valence-corrected chi connectivity index (χ4v) is 3.89. The summed E-state index contributed by atoms with van der Waals surface area (Å²) in [4.78, 5) is 12.6. The summed E-state index contributed by atoms with van der Waals surface area (Å²) in [5.74, 6) is -0.777. The number of nitrogens with one attached hydrogen (secondary N) is 1. The Hall–Kier alpha value is -4.33. The molecule has 36 heavy (non-hydrogen) atoms. The van der Waals surface area contributed by atoms with Crippen molar-refractivity contribution in [3.63, 3.8) is 0 Å². The second kappa shape index (κ2) is 10.5. The molecule has 0 aliphatic heterocycles. The Morgan fingerprint density at radius 1 is 0.972 bits per heavy atom. The molecule has 1 amide bonds. The van der Waals surface area contributed by atoms with Crippen LogP contribution < -0.4 is 19.5 Å². The van der Waals surface area contributed by atoms with E-state index in [1.165, 1.54) is 12.1 Å². The van der Waals surface area contributed by atoms with Crippen LogP contribution in [0.4, 0.5) is 14.5 Å². The first-order valence-electron chi connectivity index (χ1n) is 11.2. The van der Waals surface area contributed by atoms with Crippen molar-refractivity contribution >= 4 is 28.1 Å². The Morgan fingerprint density at radius 2 is 1.75 bits per heavy atom. The lowest BCUT2D eigenvalue weighted by molar-refractivity contribution is -0.111. The number of halogens is 2. The minimum absolute atomic E-state index is 0.147. The first kappa shape index (κ1) is 24.8. The Kier molecular flexibility index (Phi) is 7.24. The molecule has 0 atom stereocenters. The van der Waals surface area contributed by atoms with Gasteiger partial charge in [-0.1, -0.05) is 6.07 Å². The van der Waals surface area contributed by atoms with E-state index in [9.17, 15) is 13.6 Å². The van der Waals surface area contributed by atoms with Crippen LogP contribution in [0.2, 0.25) is 0 Å². The van der Waals surface area contributed by atoms with Crippen LogP contribution in [0.3, 0.4) is 0 Å². The number of methoxy groups -OCH3 is 2. The van der Waals surface area contributed by atoms with Crippen LogP contribution >= 0.6 is 0 Å². The van der Waals surface area contributed by atoms with Crippen molar-refractivity contribution in [2.45, 2.75) is 13.8 Å². The van der Waals surface area contributed by atoms with Gasteiger partial charge in [0.15, 0.2) is 23.1 Å². The minimum Gasteiger partial charge on any atom is -0.493 e. The van der Waals surface area contributed by atoms with Gasteiger partial charge in [0, 0.05) is 40.4 Å². The van der Waals surface area contributed by atoms with Gasteiger partial charge < -0.3 is 23.9 Å².